The number of nitrogens with one attached hydrogen (secondary N) is 1. The van der Waals surface area contributed by atoms with Crippen LogP contribution < -0.4 is 11.2 Å². The van der Waals surface area contributed by atoms with Crippen LogP contribution in [0.3, 0.4) is 0 Å². The summed E-state index contributed by atoms with van der Waals surface area (Å²) in [6, 6.07) is 7.49. The molecule has 2 aromatic heterocycles. The topological polar surface area (TPSA) is 72.7 Å². The summed E-state index contributed by atoms with van der Waals surface area (Å²) < 4.78 is 3.42. The Hall–Kier alpha value is -2.15. The van der Waals surface area contributed by atoms with Gasteiger partial charge >= 0.3 is 5.69 Å². The number of aromatic amines is 1. The lowest BCUT2D eigenvalue weighted by Crippen LogP contribution is -2.39. The molecule has 0 saturated heterocycles. The van der Waals surface area contributed by atoms with E-state index in [-0.39, 0.29) is 17.8 Å². The molecule has 0 aliphatic heterocycles. The maximum atomic E-state index is 12.3. The van der Waals surface area contributed by atoms with Crippen molar-refractivity contribution in [2.24, 2.45) is 7.05 Å². The van der Waals surface area contributed by atoms with Crippen molar-refractivity contribution in [2.75, 3.05) is 0 Å². The molecule has 0 fully saturated rings. The molecular weight excluding hydrogens is 324 g/mol. The number of hydrogen-bond donors (Lipinski definition) is 1. The summed E-state index contributed by atoms with van der Waals surface area (Å²) in [4.78, 5) is 31.4. The number of benzene rings is 1. The molecule has 1 N–H and O–H groups in total. The molecule has 2 heterocycles. The Morgan fingerprint density at radius 1 is 1.30 bits per heavy atom. The average Bonchev–Trinajstić information content (AvgIpc) is 2.93. The van der Waals surface area contributed by atoms with Crippen LogP contribution in [-0.2, 0) is 13.6 Å². The first-order valence-corrected chi connectivity index (χ1v) is 6.75. The first-order valence-electron chi connectivity index (χ1n) is 5.96. The Kier molecular flexibility index (Phi) is 3.06. The van der Waals surface area contributed by atoms with Gasteiger partial charge in [-0.3, -0.25) is 13.9 Å². The number of aryl methyl sites for hydroxylation is 1. The molecule has 1 aromatic carbocycles. The number of H-pyrrole nitrogens is 1. The molecule has 0 radical (unpaired) electrons. The summed E-state index contributed by atoms with van der Waals surface area (Å²) in [7, 11) is 1.60. The van der Waals surface area contributed by atoms with Crippen molar-refractivity contribution in [2.45, 2.75) is 6.54 Å². The number of aromatic nitrogens is 4. The molecule has 7 heteroatoms. The van der Waals surface area contributed by atoms with Crippen molar-refractivity contribution in [3.05, 3.63) is 61.5 Å². The zero-order valence-corrected chi connectivity index (χ0v) is 12.2. The second-order valence-corrected chi connectivity index (χ2v) is 5.28. The molecule has 0 bridgehead atoms. The van der Waals surface area contributed by atoms with Gasteiger partial charge in [0.05, 0.1) is 12.9 Å². The van der Waals surface area contributed by atoms with E-state index in [4.69, 9.17) is 0 Å². The Balaban J connectivity index is 2.25. The molecule has 3 aromatic rings. The lowest BCUT2D eigenvalue weighted by Gasteiger charge is -2.09. The van der Waals surface area contributed by atoms with Crippen LogP contribution in [0.2, 0.25) is 0 Å². The fourth-order valence-electron chi connectivity index (χ4n) is 2.13. The smallest absolute Gasteiger partial charge is 0.332 e. The standard InChI is InChI=1S/C13H11BrN4O2/c1-17-11-10(15-7-16-11)12(19)18(13(17)20)6-8-4-2-3-5-9(8)14/h2-5,7H,6H2,1H3,(H,15,16). The van der Waals surface area contributed by atoms with Gasteiger partial charge in [-0.2, -0.15) is 0 Å². The van der Waals surface area contributed by atoms with E-state index < -0.39 is 0 Å². The molecule has 0 amide bonds. The largest absolute Gasteiger partial charge is 0.339 e. The minimum absolute atomic E-state index is 0.210. The highest BCUT2D eigenvalue weighted by Gasteiger charge is 2.13. The van der Waals surface area contributed by atoms with Crippen molar-refractivity contribution < 1.29 is 0 Å². The van der Waals surface area contributed by atoms with Crippen molar-refractivity contribution in [3.63, 3.8) is 0 Å². The lowest BCUT2D eigenvalue weighted by atomic mass is 10.2. The molecule has 0 atom stereocenters. The van der Waals surface area contributed by atoms with Gasteiger partial charge in [0.1, 0.15) is 5.52 Å². The zero-order valence-electron chi connectivity index (χ0n) is 10.6. The van der Waals surface area contributed by atoms with Gasteiger partial charge in [0.25, 0.3) is 5.56 Å². The number of imidazole rings is 1. The minimum atomic E-state index is -0.384. The second-order valence-electron chi connectivity index (χ2n) is 4.43. The summed E-state index contributed by atoms with van der Waals surface area (Å²) in [6.07, 6.45) is 1.41. The summed E-state index contributed by atoms with van der Waals surface area (Å²) in [5.41, 5.74) is 0.815. The lowest BCUT2D eigenvalue weighted by molar-refractivity contribution is 0.656. The van der Waals surface area contributed by atoms with Crippen molar-refractivity contribution >= 4 is 27.1 Å². The van der Waals surface area contributed by atoms with Crippen LogP contribution >= 0.6 is 15.9 Å². The van der Waals surface area contributed by atoms with E-state index in [1.807, 2.05) is 24.3 Å². The van der Waals surface area contributed by atoms with Gasteiger partial charge in [-0.05, 0) is 11.6 Å². The van der Waals surface area contributed by atoms with Gasteiger partial charge in [0.2, 0.25) is 0 Å². The predicted octanol–water partition coefficient (Wildman–Crippen LogP) is 1.23. The highest BCUT2D eigenvalue weighted by atomic mass is 79.9. The van der Waals surface area contributed by atoms with Gasteiger partial charge in [-0.1, -0.05) is 34.1 Å². The molecular formula is C13H11BrN4O2. The first kappa shape index (κ1) is 12.9. The van der Waals surface area contributed by atoms with Crippen LogP contribution in [0, 0.1) is 0 Å². The third-order valence-corrected chi connectivity index (χ3v) is 3.97. The molecule has 0 unspecified atom stereocenters. The third kappa shape index (κ3) is 1.90. The highest BCUT2D eigenvalue weighted by molar-refractivity contribution is 9.10. The normalized spacial score (nSPS) is 11.1. The monoisotopic (exact) mass is 334 g/mol. The molecule has 6 nitrogen and oxygen atoms in total. The average molecular weight is 335 g/mol. The Morgan fingerprint density at radius 2 is 2.05 bits per heavy atom. The fourth-order valence-corrected chi connectivity index (χ4v) is 2.54. The number of fused-ring (bicyclic) bond motifs is 1. The van der Waals surface area contributed by atoms with Crippen molar-refractivity contribution in [3.8, 4) is 0 Å². The molecule has 102 valence electrons. The number of hydrogen-bond acceptors (Lipinski definition) is 3. The van der Waals surface area contributed by atoms with Crippen LogP contribution in [-0.4, -0.2) is 19.1 Å². The predicted molar refractivity (Wildman–Crippen MR) is 78.8 cm³/mol. The second kappa shape index (κ2) is 4.75. The number of halogens is 1. The van der Waals surface area contributed by atoms with E-state index in [9.17, 15) is 9.59 Å². The van der Waals surface area contributed by atoms with Crippen molar-refractivity contribution in [1.29, 1.82) is 0 Å². The third-order valence-electron chi connectivity index (χ3n) is 3.20. The van der Waals surface area contributed by atoms with Gasteiger partial charge < -0.3 is 4.98 Å². The number of rotatable bonds is 2. The van der Waals surface area contributed by atoms with Crippen LogP contribution in [0.5, 0.6) is 0 Å². The van der Waals surface area contributed by atoms with E-state index in [1.165, 1.54) is 15.5 Å². The quantitative estimate of drug-likeness (QED) is 0.766. The maximum absolute atomic E-state index is 12.3. The summed E-state index contributed by atoms with van der Waals surface area (Å²) in [5.74, 6) is 0. The molecule has 0 aliphatic carbocycles. The van der Waals surface area contributed by atoms with Crippen LogP contribution in [0.15, 0.2) is 44.7 Å². The zero-order chi connectivity index (χ0) is 14.3. The minimum Gasteiger partial charge on any atom is -0.339 e. The van der Waals surface area contributed by atoms with Crippen LogP contribution in [0.1, 0.15) is 5.56 Å². The summed E-state index contributed by atoms with van der Waals surface area (Å²) in [6.45, 7) is 0.210. The SMILES string of the molecule is Cn1c(=O)n(Cc2ccccc2Br)c(=O)c2[nH]cnc21. The van der Waals surface area contributed by atoms with E-state index in [2.05, 4.69) is 25.9 Å². The van der Waals surface area contributed by atoms with E-state index >= 15 is 0 Å². The van der Waals surface area contributed by atoms with Crippen LogP contribution in [0.4, 0.5) is 0 Å². The molecule has 0 aliphatic rings. The van der Waals surface area contributed by atoms with Gasteiger partial charge in [-0.25, -0.2) is 9.78 Å². The highest BCUT2D eigenvalue weighted by Crippen LogP contribution is 2.16. The van der Waals surface area contributed by atoms with E-state index in [1.54, 1.807) is 7.05 Å². The van der Waals surface area contributed by atoms with E-state index in [0.717, 1.165) is 10.0 Å². The van der Waals surface area contributed by atoms with Crippen molar-refractivity contribution in [1.82, 2.24) is 19.1 Å². The molecule has 0 saturated carbocycles. The fraction of sp³-hybridized carbons (Fsp3) is 0.154. The van der Waals surface area contributed by atoms with Gasteiger partial charge in [0.15, 0.2) is 5.65 Å². The van der Waals surface area contributed by atoms with Gasteiger partial charge in [0, 0.05) is 11.5 Å². The first-order chi connectivity index (χ1) is 9.59. The Labute approximate surface area is 121 Å². The summed E-state index contributed by atoms with van der Waals surface area (Å²) >= 11 is 3.42. The van der Waals surface area contributed by atoms with Gasteiger partial charge in [-0.15, -0.1) is 0 Å². The van der Waals surface area contributed by atoms with E-state index in [0.29, 0.717) is 11.2 Å². The van der Waals surface area contributed by atoms with Crippen LogP contribution in [0.25, 0.3) is 11.2 Å². The molecule has 3 rings (SSSR count). The summed E-state index contributed by atoms with van der Waals surface area (Å²) in [5, 5.41) is 0. The Bertz CT molecular complexity index is 907. The molecule has 20 heavy (non-hydrogen) atoms. The number of nitrogens with zero attached hydrogens (tertiary/aromatic N) is 3. The Morgan fingerprint density at radius 3 is 2.80 bits per heavy atom. The molecule has 0 spiro atoms. The maximum Gasteiger partial charge on any atom is 0.332 e.